The molecule has 1 unspecified atom stereocenters. The SMILES string of the molecule is CCc1nc(C)sc1C(O)Nc1nc2cc(C(N)=O)cc(SC)c2n1C/C=C/Cn1c(NC(=O)c2cc(C)nn2CC)nc2cc(C(N)=O)cc(OCCCN3CCN(C)CC3)c21. The van der Waals surface area contributed by atoms with E-state index >= 15 is 0 Å². The van der Waals surface area contributed by atoms with Crippen molar-refractivity contribution in [1.29, 1.82) is 0 Å². The molecule has 1 atom stereocenters. The van der Waals surface area contributed by atoms with Crippen LogP contribution in [-0.4, -0.2) is 119 Å². The molecule has 20 heteroatoms. The van der Waals surface area contributed by atoms with Crippen molar-refractivity contribution in [3.63, 3.8) is 0 Å². The number of thiazole rings is 1. The molecule has 0 radical (unpaired) electrons. The first-order valence-electron chi connectivity index (χ1n) is 21.0. The molecule has 0 saturated carbocycles. The smallest absolute Gasteiger partial charge is 0.276 e. The first-order valence-corrected chi connectivity index (χ1v) is 23.0. The van der Waals surface area contributed by atoms with Gasteiger partial charge in [-0.1, -0.05) is 19.1 Å². The number of rotatable bonds is 19. The normalized spacial score (nSPS) is 14.3. The Morgan fingerprint density at radius 1 is 0.921 bits per heavy atom. The molecule has 0 bridgehead atoms. The second kappa shape index (κ2) is 19.7. The molecule has 1 saturated heterocycles. The van der Waals surface area contributed by atoms with Gasteiger partial charge in [-0.3, -0.25) is 24.4 Å². The Bertz CT molecular complexity index is 2670. The van der Waals surface area contributed by atoms with E-state index < -0.39 is 23.9 Å². The van der Waals surface area contributed by atoms with Gasteiger partial charge in [0, 0.05) is 68.4 Å². The summed E-state index contributed by atoms with van der Waals surface area (Å²) < 4.78 is 11.8. The standard InChI is InChI=1S/C43H55N13O5S2/c1-7-29-37(63-26(4)46-29)41(60)50-43-48-31-22-28(39(45)58)24-34(62-6)36(31)55(43)14-10-9-13-54-35-30(47-42(54)49-40(59)32-20-25(3)51-56(32)8-2)21-27(38(44)57)23-33(35)61-19-11-12-53-17-15-52(5)16-18-53/h9-10,20-24,41,60H,7-8,11-19H2,1-6H3,(H2,44,57)(H2,45,58)(H,48,50)(H,47,49,59)/b10-9+. The molecule has 1 aliphatic heterocycles. The summed E-state index contributed by atoms with van der Waals surface area (Å²) in [6, 6.07) is 8.34. The highest BCUT2D eigenvalue weighted by Gasteiger charge is 2.24. The second-order valence-corrected chi connectivity index (χ2v) is 17.5. The Labute approximate surface area is 373 Å². The highest BCUT2D eigenvalue weighted by Crippen LogP contribution is 2.34. The van der Waals surface area contributed by atoms with E-state index in [1.54, 1.807) is 35.0 Å². The van der Waals surface area contributed by atoms with E-state index in [0.717, 1.165) is 60.3 Å². The van der Waals surface area contributed by atoms with Crippen LogP contribution in [-0.2, 0) is 26.1 Å². The van der Waals surface area contributed by atoms with Crippen LogP contribution >= 0.6 is 23.1 Å². The number of carbonyl (C=O) groups is 3. The molecule has 5 heterocycles. The Hall–Kier alpha value is -5.80. The number of primary amides is 2. The van der Waals surface area contributed by atoms with E-state index in [4.69, 9.17) is 26.2 Å². The molecule has 6 aromatic rings. The fraction of sp³-hybridized carbons (Fsp3) is 0.419. The van der Waals surface area contributed by atoms with E-state index in [1.165, 1.54) is 23.1 Å². The fourth-order valence-corrected chi connectivity index (χ4v) is 9.35. The summed E-state index contributed by atoms with van der Waals surface area (Å²) in [5.41, 5.74) is 16.2. The Balaban J connectivity index is 1.24. The lowest BCUT2D eigenvalue weighted by molar-refractivity contribution is 0.0991. The lowest BCUT2D eigenvalue weighted by Gasteiger charge is -2.32. The van der Waals surface area contributed by atoms with Gasteiger partial charge in [0.2, 0.25) is 23.7 Å². The minimum Gasteiger partial charge on any atom is -0.491 e. The average Bonchev–Trinajstić information content (AvgIpc) is 4.03. The highest BCUT2D eigenvalue weighted by molar-refractivity contribution is 7.98. The Kier molecular flexibility index (Phi) is 14.2. The summed E-state index contributed by atoms with van der Waals surface area (Å²) in [5, 5.41) is 23.0. The third-order valence-electron chi connectivity index (χ3n) is 11.0. The van der Waals surface area contributed by atoms with Gasteiger partial charge < -0.3 is 45.6 Å². The lowest BCUT2D eigenvalue weighted by Crippen LogP contribution is -2.44. The number of hydrogen-bond donors (Lipinski definition) is 5. The Morgan fingerprint density at radius 3 is 2.22 bits per heavy atom. The van der Waals surface area contributed by atoms with Gasteiger partial charge in [0.25, 0.3) is 5.91 Å². The lowest BCUT2D eigenvalue weighted by atomic mass is 10.1. The zero-order chi connectivity index (χ0) is 44.9. The number of nitrogens with zero attached hydrogens (tertiary/aromatic N) is 9. The molecule has 1 fully saturated rings. The van der Waals surface area contributed by atoms with Crippen molar-refractivity contribution in [2.75, 3.05) is 63.3 Å². The number of piperazine rings is 1. The van der Waals surface area contributed by atoms with E-state index in [9.17, 15) is 19.5 Å². The number of aromatic nitrogens is 7. The zero-order valence-electron chi connectivity index (χ0n) is 36.5. The molecule has 18 nitrogen and oxygen atoms in total. The zero-order valence-corrected chi connectivity index (χ0v) is 38.1. The average molecular weight is 898 g/mol. The number of hydrogen-bond acceptors (Lipinski definition) is 14. The number of allylic oxidation sites excluding steroid dienone is 2. The highest BCUT2D eigenvalue weighted by atomic mass is 32.2. The topological polar surface area (TPSA) is 230 Å². The number of carbonyl (C=O) groups excluding carboxylic acids is 3. The molecular formula is C43H55N13O5S2. The fourth-order valence-electron chi connectivity index (χ4n) is 7.75. The number of thioether (sulfide) groups is 1. The van der Waals surface area contributed by atoms with Crippen LogP contribution in [0, 0.1) is 13.8 Å². The van der Waals surface area contributed by atoms with Crippen molar-refractivity contribution in [3.05, 3.63) is 80.6 Å². The van der Waals surface area contributed by atoms with Crippen LogP contribution in [0.2, 0.25) is 0 Å². The minimum atomic E-state index is -1.10. The maximum atomic E-state index is 13.9. The van der Waals surface area contributed by atoms with Crippen molar-refractivity contribution in [2.45, 2.75) is 71.3 Å². The number of likely N-dealkylation sites (N-methyl/N-ethyl adjacent to an activating group) is 1. The molecule has 7 N–H and O–H groups in total. The number of anilines is 2. The van der Waals surface area contributed by atoms with Crippen LogP contribution in [0.1, 0.15) is 79.0 Å². The van der Waals surface area contributed by atoms with Crippen molar-refractivity contribution < 1.29 is 24.2 Å². The number of aryl methyl sites for hydroxylation is 4. The van der Waals surface area contributed by atoms with Gasteiger partial charge in [0.1, 0.15) is 17.0 Å². The predicted molar refractivity (Wildman–Crippen MR) is 247 cm³/mol. The third kappa shape index (κ3) is 10.0. The van der Waals surface area contributed by atoms with Crippen molar-refractivity contribution >= 4 is 74.8 Å². The number of aliphatic hydroxyl groups is 1. The first kappa shape index (κ1) is 45.2. The molecule has 0 spiro atoms. The van der Waals surface area contributed by atoms with E-state index in [1.807, 2.05) is 55.2 Å². The number of amides is 3. The summed E-state index contributed by atoms with van der Waals surface area (Å²) >= 11 is 2.86. The predicted octanol–water partition coefficient (Wildman–Crippen LogP) is 4.79. The maximum absolute atomic E-state index is 13.9. The molecule has 63 heavy (non-hydrogen) atoms. The van der Waals surface area contributed by atoms with Crippen LogP contribution in [0.25, 0.3) is 22.1 Å². The molecule has 3 amide bonds. The van der Waals surface area contributed by atoms with Crippen LogP contribution < -0.4 is 26.8 Å². The summed E-state index contributed by atoms with van der Waals surface area (Å²) in [4.78, 5) is 59.2. The number of imidazole rings is 2. The van der Waals surface area contributed by atoms with Crippen LogP contribution in [0.5, 0.6) is 5.75 Å². The van der Waals surface area contributed by atoms with E-state index in [2.05, 4.69) is 37.6 Å². The Morgan fingerprint density at radius 2 is 1.57 bits per heavy atom. The second-order valence-electron chi connectivity index (χ2n) is 15.4. The maximum Gasteiger partial charge on any atom is 0.276 e. The van der Waals surface area contributed by atoms with Crippen molar-refractivity contribution in [1.82, 2.24) is 43.7 Å². The van der Waals surface area contributed by atoms with E-state index in [-0.39, 0.29) is 18.1 Å². The monoisotopic (exact) mass is 897 g/mol. The van der Waals surface area contributed by atoms with Gasteiger partial charge >= 0.3 is 0 Å². The molecule has 4 aromatic heterocycles. The number of benzene rings is 2. The van der Waals surface area contributed by atoms with Crippen molar-refractivity contribution in [3.8, 4) is 5.75 Å². The molecule has 334 valence electrons. The van der Waals surface area contributed by atoms with Crippen LogP contribution in [0.4, 0.5) is 11.9 Å². The molecular weight excluding hydrogens is 843 g/mol. The van der Waals surface area contributed by atoms with Gasteiger partial charge in [0.15, 0.2) is 6.23 Å². The van der Waals surface area contributed by atoms with E-state index in [0.29, 0.717) is 76.2 Å². The molecule has 1 aliphatic rings. The van der Waals surface area contributed by atoms with Crippen LogP contribution in [0.15, 0.2) is 47.4 Å². The number of nitrogens with two attached hydrogens (primary N) is 2. The van der Waals surface area contributed by atoms with Crippen LogP contribution in [0.3, 0.4) is 0 Å². The largest absolute Gasteiger partial charge is 0.491 e. The summed E-state index contributed by atoms with van der Waals surface area (Å²) in [5.74, 6) is -0.580. The molecule has 2 aromatic carbocycles. The minimum absolute atomic E-state index is 0.227. The molecule has 0 aliphatic carbocycles. The summed E-state index contributed by atoms with van der Waals surface area (Å²) in [6.07, 6.45) is 6.10. The summed E-state index contributed by atoms with van der Waals surface area (Å²) in [7, 11) is 2.13. The summed E-state index contributed by atoms with van der Waals surface area (Å²) in [6.45, 7) is 13.9. The number of ether oxygens (including phenoxy) is 1. The van der Waals surface area contributed by atoms with Gasteiger partial charge in [-0.2, -0.15) is 5.10 Å². The third-order valence-corrected chi connectivity index (χ3v) is 12.8. The number of fused-ring (bicyclic) bond motifs is 2. The van der Waals surface area contributed by atoms with Gasteiger partial charge in [-0.05, 0) is 77.2 Å². The molecule has 7 rings (SSSR count). The van der Waals surface area contributed by atoms with Crippen molar-refractivity contribution in [2.24, 2.45) is 11.5 Å². The number of aliphatic hydroxyl groups excluding tert-OH is 1. The quantitative estimate of drug-likeness (QED) is 0.0319. The first-order chi connectivity index (χ1) is 30.3. The number of nitrogens with one attached hydrogen (secondary N) is 2. The van der Waals surface area contributed by atoms with Gasteiger partial charge in [0.05, 0.1) is 44.4 Å². The van der Waals surface area contributed by atoms with Gasteiger partial charge in [-0.15, -0.1) is 23.1 Å². The van der Waals surface area contributed by atoms with Gasteiger partial charge in [-0.25, -0.2) is 15.0 Å².